The predicted molar refractivity (Wildman–Crippen MR) is 43.7 cm³/mol. The van der Waals surface area contributed by atoms with Crippen molar-refractivity contribution in [2.45, 2.75) is 25.1 Å². The van der Waals surface area contributed by atoms with Gasteiger partial charge in [-0.1, -0.05) is 0 Å². The number of hydrogen-bond acceptors (Lipinski definition) is 2. The Morgan fingerprint density at radius 1 is 1.47 bits per heavy atom. The molecule has 0 saturated heterocycles. The van der Waals surface area contributed by atoms with Crippen LogP contribution < -0.4 is 5.32 Å². The van der Waals surface area contributed by atoms with Gasteiger partial charge in [0.2, 0.25) is 0 Å². The molecule has 15 heavy (non-hydrogen) atoms. The molecule has 0 aromatic heterocycles. The quantitative estimate of drug-likeness (QED) is 0.683. The van der Waals surface area contributed by atoms with E-state index in [1.165, 1.54) is 5.32 Å². The maximum atomic E-state index is 11.8. The molecule has 1 unspecified atom stereocenters. The summed E-state index contributed by atoms with van der Waals surface area (Å²) < 4.78 is 35.3. The highest BCUT2D eigenvalue weighted by atomic mass is 19.4. The standard InChI is InChI=1S/C8H8F3NO3/c1-2-3-5(4-6(13)14)12-7(15)8(9,10)11/h1,5H,3-4H2,(H,12,15)(H,13,14). The number of carboxylic acid groups (broad SMARTS) is 1. The Hall–Kier alpha value is -1.71. The van der Waals surface area contributed by atoms with E-state index in [-0.39, 0.29) is 6.42 Å². The van der Waals surface area contributed by atoms with Gasteiger partial charge in [0.15, 0.2) is 0 Å². The number of aliphatic carboxylic acids is 1. The normalized spacial score (nSPS) is 12.7. The molecule has 0 aliphatic rings. The van der Waals surface area contributed by atoms with Crippen molar-refractivity contribution in [2.24, 2.45) is 0 Å². The van der Waals surface area contributed by atoms with Crippen LogP contribution in [0.25, 0.3) is 0 Å². The van der Waals surface area contributed by atoms with Crippen molar-refractivity contribution in [1.82, 2.24) is 5.32 Å². The summed E-state index contributed by atoms with van der Waals surface area (Å²) in [5.74, 6) is -1.54. The average molecular weight is 223 g/mol. The monoisotopic (exact) mass is 223 g/mol. The lowest BCUT2D eigenvalue weighted by atomic mass is 10.1. The molecular formula is C8H8F3NO3. The van der Waals surface area contributed by atoms with Crippen molar-refractivity contribution in [3.63, 3.8) is 0 Å². The van der Waals surface area contributed by atoms with Crippen LogP contribution in [0.5, 0.6) is 0 Å². The maximum absolute atomic E-state index is 11.8. The zero-order valence-electron chi connectivity index (χ0n) is 7.47. The van der Waals surface area contributed by atoms with E-state index in [1.54, 1.807) is 0 Å². The van der Waals surface area contributed by atoms with Crippen LogP contribution in [0.2, 0.25) is 0 Å². The highest BCUT2D eigenvalue weighted by Crippen LogP contribution is 2.15. The third-order valence-electron chi connectivity index (χ3n) is 1.38. The summed E-state index contributed by atoms with van der Waals surface area (Å²) in [6.45, 7) is 0. The van der Waals surface area contributed by atoms with E-state index in [2.05, 4.69) is 0 Å². The van der Waals surface area contributed by atoms with E-state index in [0.29, 0.717) is 0 Å². The first kappa shape index (κ1) is 13.3. The van der Waals surface area contributed by atoms with Gasteiger partial charge in [0.05, 0.1) is 12.5 Å². The molecule has 0 bridgehead atoms. The Labute approximate surface area is 83.5 Å². The Morgan fingerprint density at radius 2 is 2.00 bits per heavy atom. The molecule has 4 nitrogen and oxygen atoms in total. The number of amides is 1. The minimum atomic E-state index is -5.04. The SMILES string of the molecule is C#CCC(CC(=O)O)NC(=O)C(F)(F)F. The molecular weight excluding hydrogens is 215 g/mol. The summed E-state index contributed by atoms with van der Waals surface area (Å²) in [5.41, 5.74) is 0. The first-order chi connectivity index (χ1) is 6.77. The second-order valence-electron chi connectivity index (χ2n) is 2.67. The zero-order chi connectivity index (χ0) is 12.1. The van der Waals surface area contributed by atoms with Gasteiger partial charge < -0.3 is 10.4 Å². The van der Waals surface area contributed by atoms with Gasteiger partial charge in [0.25, 0.3) is 0 Å². The summed E-state index contributed by atoms with van der Waals surface area (Å²) in [6.07, 6.45) is -1.14. The number of hydrogen-bond donors (Lipinski definition) is 2. The summed E-state index contributed by atoms with van der Waals surface area (Å²) in [6, 6.07) is -1.21. The van der Waals surface area contributed by atoms with Crippen molar-refractivity contribution in [1.29, 1.82) is 0 Å². The minimum absolute atomic E-state index is 0.270. The Morgan fingerprint density at radius 3 is 2.33 bits per heavy atom. The van der Waals surface area contributed by atoms with E-state index in [0.717, 1.165) is 0 Å². The molecule has 1 atom stereocenters. The number of halogens is 3. The van der Waals surface area contributed by atoms with Crippen LogP contribution in [0.1, 0.15) is 12.8 Å². The molecule has 2 N–H and O–H groups in total. The summed E-state index contributed by atoms with van der Waals surface area (Å²) in [4.78, 5) is 20.6. The van der Waals surface area contributed by atoms with Crippen molar-refractivity contribution in [3.8, 4) is 12.3 Å². The third-order valence-corrected chi connectivity index (χ3v) is 1.38. The number of carboxylic acids is 1. The van der Waals surface area contributed by atoms with E-state index in [9.17, 15) is 22.8 Å². The zero-order valence-corrected chi connectivity index (χ0v) is 7.47. The molecule has 0 fully saturated rings. The minimum Gasteiger partial charge on any atom is -0.481 e. The van der Waals surface area contributed by atoms with Crippen molar-refractivity contribution >= 4 is 11.9 Å². The smallest absolute Gasteiger partial charge is 0.471 e. The molecule has 0 saturated carbocycles. The Kier molecular flexibility index (Phi) is 4.64. The highest BCUT2D eigenvalue weighted by molar-refractivity contribution is 5.82. The van der Waals surface area contributed by atoms with Crippen molar-refractivity contribution < 1.29 is 27.9 Å². The molecule has 0 aromatic carbocycles. The second kappa shape index (κ2) is 5.24. The molecule has 0 aliphatic carbocycles. The average Bonchev–Trinajstić information content (AvgIpc) is 2.01. The van der Waals surface area contributed by atoms with Gasteiger partial charge in [0, 0.05) is 6.42 Å². The lowest BCUT2D eigenvalue weighted by molar-refractivity contribution is -0.174. The maximum Gasteiger partial charge on any atom is 0.471 e. The largest absolute Gasteiger partial charge is 0.481 e. The Balaban J connectivity index is 4.36. The lowest BCUT2D eigenvalue weighted by Crippen LogP contribution is -2.43. The number of alkyl halides is 3. The van der Waals surface area contributed by atoms with E-state index in [1.807, 2.05) is 5.92 Å². The van der Waals surface area contributed by atoms with Crippen LogP contribution >= 0.6 is 0 Å². The fraction of sp³-hybridized carbons (Fsp3) is 0.500. The van der Waals surface area contributed by atoms with Crippen LogP contribution in [0.4, 0.5) is 13.2 Å². The fourth-order valence-electron chi connectivity index (χ4n) is 0.795. The third kappa shape index (κ3) is 5.57. The van der Waals surface area contributed by atoms with Crippen LogP contribution in [-0.4, -0.2) is 29.2 Å². The molecule has 0 aromatic rings. The van der Waals surface area contributed by atoms with E-state index in [4.69, 9.17) is 11.5 Å². The fourth-order valence-corrected chi connectivity index (χ4v) is 0.795. The first-order valence-corrected chi connectivity index (χ1v) is 3.80. The van der Waals surface area contributed by atoms with E-state index < -0.39 is 30.5 Å². The number of nitrogens with one attached hydrogen (secondary N) is 1. The van der Waals surface area contributed by atoms with Gasteiger partial charge in [-0.15, -0.1) is 12.3 Å². The summed E-state index contributed by atoms with van der Waals surface area (Å²) in [5, 5.41) is 9.83. The topological polar surface area (TPSA) is 66.4 Å². The van der Waals surface area contributed by atoms with Gasteiger partial charge in [-0.3, -0.25) is 9.59 Å². The molecule has 84 valence electrons. The molecule has 1 amide bonds. The van der Waals surface area contributed by atoms with Gasteiger partial charge in [-0.05, 0) is 0 Å². The highest BCUT2D eigenvalue weighted by Gasteiger charge is 2.39. The van der Waals surface area contributed by atoms with Gasteiger partial charge in [0.1, 0.15) is 0 Å². The molecule has 0 rings (SSSR count). The van der Waals surface area contributed by atoms with Crippen LogP contribution in [-0.2, 0) is 9.59 Å². The molecule has 7 heteroatoms. The molecule has 0 heterocycles. The van der Waals surface area contributed by atoms with Gasteiger partial charge in [-0.25, -0.2) is 0 Å². The lowest BCUT2D eigenvalue weighted by Gasteiger charge is -2.15. The summed E-state index contributed by atoms with van der Waals surface area (Å²) >= 11 is 0. The van der Waals surface area contributed by atoms with Gasteiger partial charge in [-0.2, -0.15) is 13.2 Å². The molecule has 0 radical (unpaired) electrons. The molecule has 0 spiro atoms. The van der Waals surface area contributed by atoms with Crippen LogP contribution in [0, 0.1) is 12.3 Å². The Bertz CT molecular complexity index is 292. The number of carbonyl (C=O) groups excluding carboxylic acids is 1. The van der Waals surface area contributed by atoms with Crippen molar-refractivity contribution in [2.75, 3.05) is 0 Å². The summed E-state index contributed by atoms with van der Waals surface area (Å²) in [7, 11) is 0. The van der Waals surface area contributed by atoms with Crippen LogP contribution in [0.15, 0.2) is 0 Å². The van der Waals surface area contributed by atoms with Crippen molar-refractivity contribution in [3.05, 3.63) is 0 Å². The van der Waals surface area contributed by atoms with Gasteiger partial charge >= 0.3 is 18.1 Å². The van der Waals surface area contributed by atoms with Crippen LogP contribution in [0.3, 0.4) is 0 Å². The first-order valence-electron chi connectivity index (χ1n) is 3.80. The molecule has 0 aliphatic heterocycles. The van der Waals surface area contributed by atoms with E-state index >= 15 is 0 Å². The number of carbonyl (C=O) groups is 2. The predicted octanol–water partition coefficient (Wildman–Crippen LogP) is 0.531. The number of rotatable bonds is 4. The second-order valence-corrected chi connectivity index (χ2v) is 2.67. The number of terminal acetylenes is 1.